The molecule has 28 heavy (non-hydrogen) atoms. The molecule has 1 aliphatic rings. The fourth-order valence-corrected chi connectivity index (χ4v) is 3.50. The predicted octanol–water partition coefficient (Wildman–Crippen LogP) is 3.80. The monoisotopic (exact) mass is 385 g/mol. The summed E-state index contributed by atoms with van der Waals surface area (Å²) >= 11 is 0. The Hall–Kier alpha value is -2.18. The van der Waals surface area contributed by atoms with E-state index in [1.165, 1.54) is 5.56 Å². The molecule has 3 rings (SSSR count). The van der Waals surface area contributed by atoms with Crippen molar-refractivity contribution in [1.29, 1.82) is 0 Å². The van der Waals surface area contributed by atoms with Crippen LogP contribution in [0.15, 0.2) is 30.6 Å². The van der Waals surface area contributed by atoms with Gasteiger partial charge in [0, 0.05) is 50.1 Å². The molecule has 0 unspecified atom stereocenters. The summed E-state index contributed by atoms with van der Waals surface area (Å²) in [4.78, 5) is 11.4. The molecule has 0 bridgehead atoms. The van der Waals surface area contributed by atoms with E-state index in [-0.39, 0.29) is 6.10 Å². The first-order valence-electron chi connectivity index (χ1n) is 9.94. The molecule has 1 fully saturated rings. The van der Waals surface area contributed by atoms with Crippen LogP contribution in [0.4, 0.5) is 0 Å². The molecule has 1 aromatic heterocycles. The summed E-state index contributed by atoms with van der Waals surface area (Å²) in [6.07, 6.45) is 6.43. The molecule has 0 spiro atoms. The predicted molar refractivity (Wildman–Crippen MR) is 109 cm³/mol. The van der Waals surface area contributed by atoms with Gasteiger partial charge in [0.05, 0.1) is 20.3 Å². The number of methoxy groups -OCH3 is 2. The lowest BCUT2D eigenvalue weighted by molar-refractivity contribution is 0.0678. The number of rotatable bonds is 9. The van der Waals surface area contributed by atoms with Crippen molar-refractivity contribution >= 4 is 0 Å². The second-order valence-corrected chi connectivity index (χ2v) is 7.60. The number of hydrogen-bond acceptors (Lipinski definition) is 6. The van der Waals surface area contributed by atoms with E-state index in [1.54, 1.807) is 14.2 Å². The average molecular weight is 386 g/mol. The number of aromatic nitrogens is 2. The highest BCUT2D eigenvalue weighted by molar-refractivity contribution is 5.42. The van der Waals surface area contributed by atoms with Crippen molar-refractivity contribution in [2.24, 2.45) is 0 Å². The summed E-state index contributed by atoms with van der Waals surface area (Å²) in [5, 5.41) is 0. The van der Waals surface area contributed by atoms with Gasteiger partial charge in [-0.05, 0) is 30.5 Å². The highest BCUT2D eigenvalue weighted by Gasteiger charge is 2.20. The van der Waals surface area contributed by atoms with Gasteiger partial charge in [-0.25, -0.2) is 9.97 Å². The van der Waals surface area contributed by atoms with Crippen LogP contribution in [0, 0.1) is 0 Å². The SMILES string of the molecule is COc1ccc(CN(Cc2cnc(C(C)C)nc2)C[C@H]2CCCO2)cc1OC. The standard InChI is InChI=1S/C22H31N3O3/c1-16(2)22-23-11-18(12-24-22)14-25(15-19-6-5-9-28-19)13-17-7-8-20(26-3)21(10-17)27-4/h7-8,10-12,16,19H,5-6,9,13-15H2,1-4H3/t19-/m1/s1. The first kappa shape index (κ1) is 20.6. The van der Waals surface area contributed by atoms with Crippen molar-refractivity contribution in [1.82, 2.24) is 14.9 Å². The van der Waals surface area contributed by atoms with E-state index in [1.807, 2.05) is 24.5 Å². The van der Waals surface area contributed by atoms with Gasteiger partial charge in [-0.1, -0.05) is 19.9 Å². The zero-order chi connectivity index (χ0) is 19.9. The minimum Gasteiger partial charge on any atom is -0.493 e. The van der Waals surface area contributed by atoms with E-state index in [0.717, 1.165) is 62.0 Å². The lowest BCUT2D eigenvalue weighted by Gasteiger charge is -2.25. The molecule has 1 aliphatic heterocycles. The molecule has 2 aromatic rings. The molecular weight excluding hydrogens is 354 g/mol. The zero-order valence-electron chi connectivity index (χ0n) is 17.4. The smallest absolute Gasteiger partial charge is 0.161 e. The third-order valence-corrected chi connectivity index (χ3v) is 4.99. The van der Waals surface area contributed by atoms with Crippen molar-refractivity contribution < 1.29 is 14.2 Å². The van der Waals surface area contributed by atoms with E-state index >= 15 is 0 Å². The van der Waals surface area contributed by atoms with Gasteiger partial charge in [-0.2, -0.15) is 0 Å². The molecule has 152 valence electrons. The van der Waals surface area contributed by atoms with E-state index in [4.69, 9.17) is 14.2 Å². The maximum atomic E-state index is 5.87. The fourth-order valence-electron chi connectivity index (χ4n) is 3.50. The number of benzene rings is 1. The van der Waals surface area contributed by atoms with Gasteiger partial charge in [0.1, 0.15) is 5.82 Å². The van der Waals surface area contributed by atoms with Gasteiger partial charge in [-0.15, -0.1) is 0 Å². The first-order valence-corrected chi connectivity index (χ1v) is 9.94. The molecule has 0 saturated carbocycles. The Morgan fingerprint density at radius 1 is 1.07 bits per heavy atom. The topological polar surface area (TPSA) is 56.7 Å². The molecule has 0 aliphatic carbocycles. The van der Waals surface area contributed by atoms with Crippen LogP contribution in [0.5, 0.6) is 11.5 Å². The van der Waals surface area contributed by atoms with E-state index in [2.05, 4.69) is 34.8 Å². The Balaban J connectivity index is 1.74. The fraction of sp³-hybridized carbons (Fsp3) is 0.545. The Labute approximate surface area is 167 Å². The van der Waals surface area contributed by atoms with Gasteiger partial charge < -0.3 is 14.2 Å². The van der Waals surface area contributed by atoms with E-state index < -0.39 is 0 Å². The summed E-state index contributed by atoms with van der Waals surface area (Å²) < 4.78 is 16.7. The molecule has 0 N–H and O–H groups in total. The van der Waals surface area contributed by atoms with Crippen LogP contribution in [0.2, 0.25) is 0 Å². The third-order valence-electron chi connectivity index (χ3n) is 4.99. The Bertz CT molecular complexity index is 743. The van der Waals surface area contributed by atoms with Crippen molar-refractivity contribution in [3.8, 4) is 11.5 Å². The summed E-state index contributed by atoms with van der Waals surface area (Å²) in [6, 6.07) is 6.08. The minimum atomic E-state index is 0.288. The first-order chi connectivity index (χ1) is 13.6. The molecule has 6 nitrogen and oxygen atoms in total. The Morgan fingerprint density at radius 2 is 1.79 bits per heavy atom. The maximum absolute atomic E-state index is 5.87. The molecule has 1 atom stereocenters. The molecule has 6 heteroatoms. The highest BCUT2D eigenvalue weighted by Crippen LogP contribution is 2.28. The van der Waals surface area contributed by atoms with Crippen molar-refractivity contribution in [3.05, 3.63) is 47.5 Å². The quantitative estimate of drug-likeness (QED) is 0.654. The minimum absolute atomic E-state index is 0.288. The summed E-state index contributed by atoms with van der Waals surface area (Å²) in [5.74, 6) is 2.72. The average Bonchev–Trinajstić information content (AvgIpc) is 3.21. The molecular formula is C22H31N3O3. The van der Waals surface area contributed by atoms with Crippen LogP contribution in [0.1, 0.15) is 49.6 Å². The van der Waals surface area contributed by atoms with Crippen LogP contribution in [-0.4, -0.2) is 48.3 Å². The highest BCUT2D eigenvalue weighted by atomic mass is 16.5. The second kappa shape index (κ2) is 9.85. The zero-order valence-corrected chi connectivity index (χ0v) is 17.4. The molecule has 1 saturated heterocycles. The summed E-state index contributed by atoms with van der Waals surface area (Å²) in [7, 11) is 3.32. The van der Waals surface area contributed by atoms with Crippen molar-refractivity contribution in [2.75, 3.05) is 27.4 Å². The summed E-state index contributed by atoms with van der Waals surface area (Å²) in [6.45, 7) is 7.55. The van der Waals surface area contributed by atoms with Crippen LogP contribution >= 0.6 is 0 Å². The van der Waals surface area contributed by atoms with Gasteiger partial charge >= 0.3 is 0 Å². The third kappa shape index (κ3) is 5.42. The Morgan fingerprint density at radius 3 is 2.39 bits per heavy atom. The normalized spacial score (nSPS) is 16.7. The van der Waals surface area contributed by atoms with Gasteiger partial charge in [0.25, 0.3) is 0 Å². The number of nitrogens with zero attached hydrogens (tertiary/aromatic N) is 3. The number of hydrogen-bond donors (Lipinski definition) is 0. The van der Waals surface area contributed by atoms with Gasteiger partial charge in [0.15, 0.2) is 11.5 Å². The second-order valence-electron chi connectivity index (χ2n) is 7.60. The van der Waals surface area contributed by atoms with Crippen LogP contribution in [0.3, 0.4) is 0 Å². The number of ether oxygens (including phenoxy) is 3. The molecule has 1 aromatic carbocycles. The molecule has 0 radical (unpaired) electrons. The molecule has 0 amide bonds. The van der Waals surface area contributed by atoms with Gasteiger partial charge in [0.2, 0.25) is 0 Å². The van der Waals surface area contributed by atoms with Crippen molar-refractivity contribution in [2.45, 2.75) is 51.8 Å². The molecule has 2 heterocycles. The van der Waals surface area contributed by atoms with Crippen molar-refractivity contribution in [3.63, 3.8) is 0 Å². The Kier molecular flexibility index (Phi) is 7.23. The van der Waals surface area contributed by atoms with Gasteiger partial charge in [-0.3, -0.25) is 4.90 Å². The lowest BCUT2D eigenvalue weighted by atomic mass is 10.1. The van der Waals surface area contributed by atoms with E-state index in [9.17, 15) is 0 Å². The maximum Gasteiger partial charge on any atom is 0.161 e. The van der Waals surface area contributed by atoms with Crippen LogP contribution in [-0.2, 0) is 17.8 Å². The lowest BCUT2D eigenvalue weighted by Crippen LogP contribution is -2.31. The largest absolute Gasteiger partial charge is 0.493 e. The summed E-state index contributed by atoms with van der Waals surface area (Å²) in [5.41, 5.74) is 2.29. The van der Waals surface area contributed by atoms with Crippen LogP contribution in [0.25, 0.3) is 0 Å². The van der Waals surface area contributed by atoms with E-state index in [0.29, 0.717) is 5.92 Å². The van der Waals surface area contributed by atoms with Crippen LogP contribution < -0.4 is 9.47 Å².